The van der Waals surface area contributed by atoms with Crippen LogP contribution >= 0.6 is 11.6 Å². The molecule has 1 aromatic rings. The summed E-state index contributed by atoms with van der Waals surface area (Å²) >= 11 is 5.33. The normalized spacial score (nSPS) is 13.8. The first-order chi connectivity index (χ1) is 6.98. The van der Waals surface area contributed by atoms with Gasteiger partial charge in [0.1, 0.15) is 6.07 Å². The standard InChI is InChI=1S/C10H13ClO3S/c1-8-3-5-10(6-4-8)15(12,13)9(2)14-7-11/h3-6,9H,7H2,1-2H3. The van der Waals surface area contributed by atoms with Gasteiger partial charge in [0.15, 0.2) is 5.44 Å². The summed E-state index contributed by atoms with van der Waals surface area (Å²) in [4.78, 5) is 0.255. The monoisotopic (exact) mass is 248 g/mol. The van der Waals surface area contributed by atoms with Gasteiger partial charge < -0.3 is 4.74 Å². The SMILES string of the molecule is Cc1ccc(S(=O)(=O)C(C)OCCl)cc1. The maximum atomic E-state index is 11.8. The van der Waals surface area contributed by atoms with Gasteiger partial charge >= 0.3 is 0 Å². The van der Waals surface area contributed by atoms with Crippen LogP contribution in [0.2, 0.25) is 0 Å². The van der Waals surface area contributed by atoms with Crippen LogP contribution in [0, 0.1) is 6.92 Å². The van der Waals surface area contributed by atoms with Crippen LogP contribution < -0.4 is 0 Å². The van der Waals surface area contributed by atoms with Gasteiger partial charge in [-0.25, -0.2) is 8.42 Å². The summed E-state index contributed by atoms with van der Waals surface area (Å²) in [6, 6.07) is 6.50. The van der Waals surface area contributed by atoms with E-state index in [4.69, 9.17) is 16.3 Å². The third kappa shape index (κ3) is 2.93. The largest absolute Gasteiger partial charge is 0.347 e. The van der Waals surface area contributed by atoms with Crippen LogP contribution in [0.3, 0.4) is 0 Å². The minimum atomic E-state index is -3.42. The second-order valence-corrected chi connectivity index (χ2v) is 5.64. The molecule has 0 saturated heterocycles. The van der Waals surface area contributed by atoms with Gasteiger partial charge in [0, 0.05) is 0 Å². The summed E-state index contributed by atoms with van der Waals surface area (Å²) in [5.74, 6) is 0. The lowest BCUT2D eigenvalue weighted by molar-refractivity contribution is 0.159. The molecule has 0 heterocycles. The molecule has 0 radical (unpaired) electrons. The van der Waals surface area contributed by atoms with E-state index in [1.54, 1.807) is 24.3 Å². The fourth-order valence-electron chi connectivity index (χ4n) is 1.10. The number of halogens is 1. The molecule has 0 fully saturated rings. The van der Waals surface area contributed by atoms with Crippen molar-refractivity contribution < 1.29 is 13.2 Å². The second kappa shape index (κ2) is 4.96. The quantitative estimate of drug-likeness (QED) is 0.768. The molecule has 1 aromatic carbocycles. The molecule has 0 amide bonds. The molecular formula is C10H13ClO3S. The number of alkyl halides is 1. The summed E-state index contributed by atoms with van der Waals surface area (Å²) in [5, 5.41) is 0. The summed E-state index contributed by atoms with van der Waals surface area (Å²) in [7, 11) is -3.42. The van der Waals surface area contributed by atoms with E-state index in [0.29, 0.717) is 0 Å². The minimum absolute atomic E-state index is 0.133. The third-order valence-corrected chi connectivity index (χ3v) is 4.15. The zero-order valence-electron chi connectivity index (χ0n) is 8.60. The number of sulfone groups is 1. The van der Waals surface area contributed by atoms with E-state index in [-0.39, 0.29) is 11.0 Å². The van der Waals surface area contributed by atoms with Gasteiger partial charge in [-0.05, 0) is 26.0 Å². The summed E-state index contributed by atoms with van der Waals surface area (Å²) in [6.07, 6.45) is 0. The molecule has 1 rings (SSSR count). The Morgan fingerprint density at radius 1 is 1.33 bits per heavy atom. The molecule has 0 N–H and O–H groups in total. The van der Waals surface area contributed by atoms with Crippen molar-refractivity contribution in [1.29, 1.82) is 0 Å². The molecule has 1 atom stereocenters. The van der Waals surface area contributed by atoms with Crippen molar-refractivity contribution in [2.45, 2.75) is 24.2 Å². The molecule has 5 heteroatoms. The lowest BCUT2D eigenvalue weighted by atomic mass is 10.2. The van der Waals surface area contributed by atoms with E-state index in [1.165, 1.54) is 6.92 Å². The second-order valence-electron chi connectivity index (χ2n) is 3.20. The first-order valence-corrected chi connectivity index (χ1v) is 6.54. The zero-order chi connectivity index (χ0) is 11.5. The molecule has 3 nitrogen and oxygen atoms in total. The Kier molecular flexibility index (Phi) is 4.13. The molecule has 0 saturated carbocycles. The van der Waals surface area contributed by atoms with Crippen molar-refractivity contribution in [3.8, 4) is 0 Å². The van der Waals surface area contributed by atoms with Crippen LogP contribution in [0.5, 0.6) is 0 Å². The molecule has 0 aliphatic rings. The summed E-state index contributed by atoms with van der Waals surface area (Å²) in [5.41, 5.74) is 0.0950. The molecule has 0 bridgehead atoms. The van der Waals surface area contributed by atoms with E-state index >= 15 is 0 Å². The molecule has 0 aromatic heterocycles. The van der Waals surface area contributed by atoms with Gasteiger partial charge in [0.25, 0.3) is 0 Å². The number of ether oxygens (including phenoxy) is 1. The number of rotatable bonds is 4. The molecule has 1 unspecified atom stereocenters. The molecule has 15 heavy (non-hydrogen) atoms. The first-order valence-electron chi connectivity index (χ1n) is 4.46. The van der Waals surface area contributed by atoms with E-state index in [2.05, 4.69) is 0 Å². The van der Waals surface area contributed by atoms with Gasteiger partial charge in [0.05, 0.1) is 4.90 Å². The maximum Gasteiger partial charge on any atom is 0.204 e. The van der Waals surface area contributed by atoms with Crippen LogP contribution in [0.15, 0.2) is 29.2 Å². The smallest absolute Gasteiger partial charge is 0.204 e. The van der Waals surface area contributed by atoms with Gasteiger partial charge in [-0.3, -0.25) is 0 Å². The van der Waals surface area contributed by atoms with E-state index in [1.807, 2.05) is 6.92 Å². The Hall–Kier alpha value is -0.580. The molecule has 0 spiro atoms. The number of benzene rings is 1. The Labute approximate surface area is 94.9 Å². The molecule has 84 valence electrons. The predicted molar refractivity (Wildman–Crippen MR) is 59.6 cm³/mol. The lowest BCUT2D eigenvalue weighted by Crippen LogP contribution is -2.20. The Morgan fingerprint density at radius 3 is 2.33 bits per heavy atom. The van der Waals surface area contributed by atoms with Gasteiger partial charge in [0.2, 0.25) is 9.84 Å². The van der Waals surface area contributed by atoms with Gasteiger partial charge in [-0.2, -0.15) is 0 Å². The average Bonchev–Trinajstić information content (AvgIpc) is 2.18. The van der Waals surface area contributed by atoms with Crippen molar-refractivity contribution in [2.75, 3.05) is 6.07 Å². The molecule has 0 aliphatic carbocycles. The number of hydrogen-bond acceptors (Lipinski definition) is 3. The van der Waals surface area contributed by atoms with Crippen LogP contribution in [0.4, 0.5) is 0 Å². The Morgan fingerprint density at radius 2 is 1.87 bits per heavy atom. The van der Waals surface area contributed by atoms with Gasteiger partial charge in [-0.15, -0.1) is 0 Å². The van der Waals surface area contributed by atoms with Crippen molar-refractivity contribution in [3.63, 3.8) is 0 Å². The van der Waals surface area contributed by atoms with Crippen LogP contribution in [0.25, 0.3) is 0 Å². The van der Waals surface area contributed by atoms with Crippen LogP contribution in [-0.2, 0) is 14.6 Å². The highest BCUT2D eigenvalue weighted by Crippen LogP contribution is 2.17. The first kappa shape index (κ1) is 12.5. The topological polar surface area (TPSA) is 43.4 Å². The zero-order valence-corrected chi connectivity index (χ0v) is 10.2. The van der Waals surface area contributed by atoms with E-state index in [0.717, 1.165) is 5.56 Å². The van der Waals surface area contributed by atoms with Crippen LogP contribution in [-0.4, -0.2) is 19.9 Å². The molecule has 0 aliphatic heterocycles. The van der Waals surface area contributed by atoms with Crippen molar-refractivity contribution in [3.05, 3.63) is 29.8 Å². The fraction of sp³-hybridized carbons (Fsp3) is 0.400. The van der Waals surface area contributed by atoms with Crippen LogP contribution in [0.1, 0.15) is 12.5 Å². The third-order valence-electron chi connectivity index (χ3n) is 2.08. The fourth-order valence-corrected chi connectivity index (χ4v) is 2.51. The Balaban J connectivity index is 3.01. The highest BCUT2D eigenvalue weighted by atomic mass is 35.5. The Bertz CT molecular complexity index is 411. The van der Waals surface area contributed by atoms with Crippen molar-refractivity contribution in [2.24, 2.45) is 0 Å². The van der Waals surface area contributed by atoms with E-state index < -0.39 is 15.3 Å². The van der Waals surface area contributed by atoms with Gasteiger partial charge in [-0.1, -0.05) is 29.3 Å². The van der Waals surface area contributed by atoms with Crippen molar-refractivity contribution in [1.82, 2.24) is 0 Å². The highest BCUT2D eigenvalue weighted by Gasteiger charge is 2.23. The maximum absolute atomic E-state index is 11.8. The average molecular weight is 249 g/mol. The highest BCUT2D eigenvalue weighted by molar-refractivity contribution is 7.91. The minimum Gasteiger partial charge on any atom is -0.347 e. The number of hydrogen-bond donors (Lipinski definition) is 0. The summed E-state index contributed by atoms with van der Waals surface area (Å²) < 4.78 is 28.6. The predicted octanol–water partition coefficient (Wildman–Crippen LogP) is 2.33. The summed E-state index contributed by atoms with van der Waals surface area (Å²) in [6.45, 7) is 3.37. The number of aryl methyl sites for hydroxylation is 1. The molecular weight excluding hydrogens is 236 g/mol. The van der Waals surface area contributed by atoms with E-state index in [9.17, 15) is 8.42 Å². The lowest BCUT2D eigenvalue weighted by Gasteiger charge is -2.12. The van der Waals surface area contributed by atoms with Crippen molar-refractivity contribution >= 4 is 21.4 Å².